The van der Waals surface area contributed by atoms with Crippen LogP contribution in [0.15, 0.2) is 24.3 Å². The highest BCUT2D eigenvalue weighted by Gasteiger charge is 2.45. The number of carbonyl (C=O) groups is 2. The molecular formula is C21H23N3O2S. The number of hydrogen-bond donors (Lipinski definition) is 1. The van der Waals surface area contributed by atoms with Gasteiger partial charge in [-0.2, -0.15) is 5.26 Å². The first-order valence-corrected chi connectivity index (χ1v) is 10.0. The maximum absolute atomic E-state index is 13.1. The van der Waals surface area contributed by atoms with E-state index in [4.69, 9.17) is 12.2 Å². The molecule has 1 unspecified atom stereocenters. The fourth-order valence-electron chi connectivity index (χ4n) is 4.77. The summed E-state index contributed by atoms with van der Waals surface area (Å²) in [6.07, 6.45) is 3.82. The quantitative estimate of drug-likeness (QED) is 0.806. The predicted molar refractivity (Wildman–Crippen MR) is 105 cm³/mol. The van der Waals surface area contributed by atoms with Crippen molar-refractivity contribution in [2.45, 2.75) is 44.2 Å². The molecular weight excluding hydrogens is 358 g/mol. The standard InChI is InChI=1S/C21H23N3O2S/c22-11-16-6-3-7-24(16)21(26)20-19(18(27)12-23-20)17(25)10-13-8-14-4-1-2-5-15(14)9-13/h1-2,4-5,13,16,19-20,23H,3,6-10,12H2/t16-,19?,20-/m0/s1. The van der Waals surface area contributed by atoms with Crippen molar-refractivity contribution in [1.29, 1.82) is 5.26 Å². The number of rotatable bonds is 4. The van der Waals surface area contributed by atoms with Crippen molar-refractivity contribution in [3.8, 4) is 6.07 Å². The number of benzene rings is 1. The van der Waals surface area contributed by atoms with Gasteiger partial charge in [0.2, 0.25) is 5.91 Å². The van der Waals surface area contributed by atoms with Crippen LogP contribution in [0.25, 0.3) is 0 Å². The van der Waals surface area contributed by atoms with Gasteiger partial charge in [0.05, 0.1) is 12.0 Å². The Labute approximate surface area is 164 Å². The summed E-state index contributed by atoms with van der Waals surface area (Å²) in [4.78, 5) is 28.3. The second kappa shape index (κ2) is 7.49. The van der Waals surface area contributed by atoms with E-state index in [-0.39, 0.29) is 23.7 Å². The molecule has 5 nitrogen and oxygen atoms in total. The zero-order valence-corrected chi connectivity index (χ0v) is 16.0. The molecule has 27 heavy (non-hydrogen) atoms. The number of carbonyl (C=O) groups excluding carboxylic acids is 2. The van der Waals surface area contributed by atoms with E-state index in [0.717, 1.165) is 19.3 Å². The van der Waals surface area contributed by atoms with Crippen molar-refractivity contribution in [2.75, 3.05) is 13.1 Å². The Morgan fingerprint density at radius 3 is 2.63 bits per heavy atom. The summed E-state index contributed by atoms with van der Waals surface area (Å²) in [5.41, 5.74) is 2.65. The van der Waals surface area contributed by atoms with Gasteiger partial charge in [-0.15, -0.1) is 0 Å². The summed E-state index contributed by atoms with van der Waals surface area (Å²) in [6, 6.07) is 9.54. The second-order valence-corrected chi connectivity index (χ2v) is 8.36. The third-order valence-electron chi connectivity index (χ3n) is 6.10. The lowest BCUT2D eigenvalue weighted by atomic mass is 9.87. The average molecular weight is 382 g/mol. The Kier molecular flexibility index (Phi) is 5.07. The molecule has 0 aromatic heterocycles. The monoisotopic (exact) mass is 381 g/mol. The molecule has 3 atom stereocenters. The highest BCUT2D eigenvalue weighted by atomic mass is 32.1. The Bertz CT molecular complexity index is 806. The summed E-state index contributed by atoms with van der Waals surface area (Å²) in [6.45, 7) is 0.999. The van der Waals surface area contributed by atoms with Gasteiger partial charge in [-0.3, -0.25) is 9.59 Å². The van der Waals surface area contributed by atoms with E-state index in [2.05, 4.69) is 23.5 Å². The maximum atomic E-state index is 13.1. The lowest BCUT2D eigenvalue weighted by Crippen LogP contribution is -2.49. The van der Waals surface area contributed by atoms with Gasteiger partial charge in [-0.1, -0.05) is 36.5 Å². The maximum Gasteiger partial charge on any atom is 0.241 e. The second-order valence-electron chi connectivity index (χ2n) is 7.83. The van der Waals surface area contributed by atoms with Gasteiger partial charge in [-0.25, -0.2) is 0 Å². The number of amides is 1. The van der Waals surface area contributed by atoms with Crippen molar-refractivity contribution in [3.05, 3.63) is 35.4 Å². The van der Waals surface area contributed by atoms with Crippen molar-refractivity contribution in [2.24, 2.45) is 11.8 Å². The highest BCUT2D eigenvalue weighted by Crippen LogP contribution is 2.31. The number of ketones is 1. The predicted octanol–water partition coefficient (Wildman–Crippen LogP) is 1.83. The molecule has 2 fully saturated rings. The summed E-state index contributed by atoms with van der Waals surface area (Å²) in [5.74, 6) is -0.343. The van der Waals surface area contributed by atoms with Crippen LogP contribution < -0.4 is 5.32 Å². The minimum Gasteiger partial charge on any atom is -0.325 e. The van der Waals surface area contributed by atoms with Gasteiger partial charge in [-0.05, 0) is 42.7 Å². The molecule has 2 heterocycles. The van der Waals surface area contributed by atoms with Crippen LogP contribution in [-0.4, -0.2) is 46.6 Å². The minimum absolute atomic E-state index is 0.0638. The molecule has 0 radical (unpaired) electrons. The van der Waals surface area contributed by atoms with Gasteiger partial charge in [0.15, 0.2) is 0 Å². The molecule has 2 aliphatic heterocycles. The van der Waals surface area contributed by atoms with Gasteiger partial charge in [0, 0.05) is 24.4 Å². The highest BCUT2D eigenvalue weighted by molar-refractivity contribution is 7.80. The van der Waals surface area contributed by atoms with Crippen LogP contribution in [0.4, 0.5) is 0 Å². The third kappa shape index (κ3) is 3.42. The average Bonchev–Trinajstić information content (AvgIpc) is 3.37. The van der Waals surface area contributed by atoms with E-state index in [0.29, 0.717) is 30.8 Å². The van der Waals surface area contributed by atoms with Crippen molar-refractivity contribution < 1.29 is 9.59 Å². The van der Waals surface area contributed by atoms with E-state index >= 15 is 0 Å². The Morgan fingerprint density at radius 1 is 1.26 bits per heavy atom. The first-order valence-electron chi connectivity index (χ1n) is 9.64. The number of Topliss-reactive ketones (excluding diaryl/α,β-unsaturated/α-hetero) is 1. The number of nitrogens with zero attached hydrogens (tertiary/aromatic N) is 2. The molecule has 1 aromatic rings. The summed E-state index contributed by atoms with van der Waals surface area (Å²) < 4.78 is 0. The number of fused-ring (bicyclic) bond motifs is 1. The fraction of sp³-hybridized carbons (Fsp3) is 0.524. The van der Waals surface area contributed by atoms with E-state index < -0.39 is 12.0 Å². The minimum atomic E-state index is -0.609. The summed E-state index contributed by atoms with van der Waals surface area (Å²) in [5, 5.41) is 12.4. The van der Waals surface area contributed by atoms with Crippen LogP contribution in [0.1, 0.15) is 30.4 Å². The van der Waals surface area contributed by atoms with Gasteiger partial charge < -0.3 is 10.2 Å². The Balaban J connectivity index is 1.45. The topological polar surface area (TPSA) is 73.2 Å². The van der Waals surface area contributed by atoms with Crippen molar-refractivity contribution in [3.63, 3.8) is 0 Å². The Morgan fingerprint density at radius 2 is 1.96 bits per heavy atom. The van der Waals surface area contributed by atoms with E-state index in [1.165, 1.54) is 11.1 Å². The number of nitrogens with one attached hydrogen (secondary N) is 1. The molecule has 1 aromatic carbocycles. The van der Waals surface area contributed by atoms with Crippen LogP contribution in [0.5, 0.6) is 0 Å². The van der Waals surface area contributed by atoms with Crippen LogP contribution in [0.2, 0.25) is 0 Å². The molecule has 140 valence electrons. The van der Waals surface area contributed by atoms with E-state index in [1.807, 2.05) is 12.1 Å². The third-order valence-corrected chi connectivity index (χ3v) is 6.50. The van der Waals surface area contributed by atoms with Crippen LogP contribution in [0, 0.1) is 23.2 Å². The summed E-state index contributed by atoms with van der Waals surface area (Å²) >= 11 is 5.44. The van der Waals surface area contributed by atoms with Crippen molar-refractivity contribution in [1.82, 2.24) is 10.2 Å². The molecule has 4 rings (SSSR count). The largest absolute Gasteiger partial charge is 0.325 e. The fourth-order valence-corrected chi connectivity index (χ4v) is 5.12. The SMILES string of the molecule is N#C[C@@H]1CCCN1C(=O)[C@H]1NCC(=S)C1C(=O)CC1Cc2ccccc2C1. The van der Waals surface area contributed by atoms with Gasteiger partial charge in [0.1, 0.15) is 17.9 Å². The lowest BCUT2D eigenvalue weighted by molar-refractivity contribution is -0.136. The molecule has 0 bridgehead atoms. The number of likely N-dealkylation sites (tertiary alicyclic amines) is 1. The van der Waals surface area contributed by atoms with Crippen LogP contribution >= 0.6 is 12.2 Å². The number of hydrogen-bond acceptors (Lipinski definition) is 5. The zero-order valence-electron chi connectivity index (χ0n) is 15.2. The molecule has 3 aliphatic rings. The van der Waals surface area contributed by atoms with Gasteiger partial charge in [0.25, 0.3) is 0 Å². The zero-order chi connectivity index (χ0) is 19.0. The van der Waals surface area contributed by atoms with E-state index in [9.17, 15) is 14.9 Å². The normalized spacial score (nSPS) is 27.6. The van der Waals surface area contributed by atoms with Crippen LogP contribution in [0.3, 0.4) is 0 Å². The summed E-state index contributed by atoms with van der Waals surface area (Å²) in [7, 11) is 0. The van der Waals surface area contributed by atoms with E-state index in [1.54, 1.807) is 4.90 Å². The molecule has 6 heteroatoms. The van der Waals surface area contributed by atoms with Gasteiger partial charge >= 0.3 is 0 Å². The lowest BCUT2D eigenvalue weighted by Gasteiger charge is -2.26. The first kappa shape index (κ1) is 18.3. The molecule has 2 saturated heterocycles. The molecule has 0 saturated carbocycles. The van der Waals surface area contributed by atoms with Crippen LogP contribution in [-0.2, 0) is 22.4 Å². The Hall–Kier alpha value is -2.10. The first-order chi connectivity index (χ1) is 13.1. The molecule has 1 aliphatic carbocycles. The molecule has 0 spiro atoms. The number of thiocarbonyl (C=S) groups is 1. The van der Waals surface area contributed by atoms with Crippen molar-refractivity contribution >= 4 is 28.8 Å². The number of nitriles is 1. The smallest absolute Gasteiger partial charge is 0.241 e. The molecule has 1 amide bonds. The molecule has 1 N–H and O–H groups in total.